The van der Waals surface area contributed by atoms with Crippen molar-refractivity contribution in [1.29, 1.82) is 0 Å². The molecule has 0 bridgehead atoms. The van der Waals surface area contributed by atoms with Gasteiger partial charge in [0.2, 0.25) is 0 Å². The zero-order valence-corrected chi connectivity index (χ0v) is 16.6. The van der Waals surface area contributed by atoms with Crippen LogP contribution in [0.2, 0.25) is 0 Å². The average molecular weight is 374 g/mol. The predicted molar refractivity (Wildman–Crippen MR) is 124 cm³/mol. The van der Waals surface area contributed by atoms with Crippen molar-refractivity contribution in [1.82, 2.24) is 9.13 Å². The van der Waals surface area contributed by atoms with Crippen LogP contribution in [0.25, 0.3) is 49.3 Å². The molecular formula is C27H22N2. The van der Waals surface area contributed by atoms with E-state index in [4.69, 9.17) is 0 Å². The number of hydrogen-bond donors (Lipinski definition) is 0. The van der Waals surface area contributed by atoms with Crippen molar-refractivity contribution in [3.63, 3.8) is 0 Å². The van der Waals surface area contributed by atoms with Crippen molar-refractivity contribution in [2.24, 2.45) is 0 Å². The Bertz CT molecular complexity index is 1480. The molecular weight excluding hydrogens is 352 g/mol. The van der Waals surface area contributed by atoms with Crippen molar-refractivity contribution in [3.05, 3.63) is 91.0 Å². The normalized spacial score (nSPS) is 12.1. The minimum atomic E-state index is 0.413. The quantitative estimate of drug-likeness (QED) is 0.297. The Labute approximate surface area is 169 Å². The summed E-state index contributed by atoms with van der Waals surface area (Å²) in [5, 5.41) is 5.23. The van der Waals surface area contributed by atoms with Crippen molar-refractivity contribution in [2.75, 3.05) is 0 Å². The van der Waals surface area contributed by atoms with Crippen LogP contribution < -0.4 is 0 Å². The molecule has 140 valence electrons. The number of nitrogens with zero attached hydrogens (tertiary/aromatic N) is 2. The average Bonchev–Trinajstić information content (AvgIpc) is 3.26. The first kappa shape index (κ1) is 16.4. The number of benzene rings is 4. The third kappa shape index (κ3) is 2.23. The van der Waals surface area contributed by atoms with Gasteiger partial charge in [-0.05, 0) is 50.2 Å². The van der Waals surface area contributed by atoms with E-state index < -0.39 is 0 Å². The smallest absolute Gasteiger partial charge is 0.0541 e. The summed E-state index contributed by atoms with van der Waals surface area (Å²) in [6, 6.07) is 33.4. The fourth-order valence-corrected chi connectivity index (χ4v) is 4.89. The monoisotopic (exact) mass is 374 g/mol. The molecule has 29 heavy (non-hydrogen) atoms. The lowest BCUT2D eigenvalue weighted by Crippen LogP contribution is -2.00. The lowest BCUT2D eigenvalue weighted by atomic mass is 10.1. The van der Waals surface area contributed by atoms with E-state index in [1.165, 1.54) is 49.3 Å². The SMILES string of the molecule is CC(C)n1c2ccccc2c2cc(-n3c4ccccc4c4ccccc43)ccc21. The summed E-state index contributed by atoms with van der Waals surface area (Å²) in [6.45, 7) is 4.51. The van der Waals surface area contributed by atoms with Crippen LogP contribution in [0.15, 0.2) is 91.0 Å². The van der Waals surface area contributed by atoms with Gasteiger partial charge in [-0.15, -0.1) is 0 Å². The van der Waals surface area contributed by atoms with E-state index in [1.807, 2.05) is 0 Å². The lowest BCUT2D eigenvalue weighted by molar-refractivity contribution is 0.642. The number of hydrogen-bond acceptors (Lipinski definition) is 0. The molecule has 2 heteroatoms. The van der Waals surface area contributed by atoms with Gasteiger partial charge in [-0.3, -0.25) is 0 Å². The second-order valence-electron chi connectivity index (χ2n) is 8.05. The first-order valence-electron chi connectivity index (χ1n) is 10.3. The summed E-state index contributed by atoms with van der Waals surface area (Å²) >= 11 is 0. The Morgan fingerprint density at radius 1 is 0.517 bits per heavy atom. The maximum Gasteiger partial charge on any atom is 0.0541 e. The second-order valence-corrected chi connectivity index (χ2v) is 8.05. The molecule has 0 atom stereocenters. The van der Waals surface area contributed by atoms with Crippen LogP contribution in [-0.4, -0.2) is 9.13 Å². The third-order valence-electron chi connectivity index (χ3n) is 6.05. The highest BCUT2D eigenvalue weighted by Crippen LogP contribution is 2.36. The van der Waals surface area contributed by atoms with Crippen LogP contribution in [0.5, 0.6) is 0 Å². The second kappa shape index (κ2) is 5.99. The fourth-order valence-electron chi connectivity index (χ4n) is 4.89. The van der Waals surface area contributed by atoms with Crippen LogP contribution in [0.3, 0.4) is 0 Å². The van der Waals surface area contributed by atoms with Gasteiger partial charge in [0.05, 0.1) is 11.0 Å². The predicted octanol–water partition coefficient (Wildman–Crippen LogP) is 7.47. The highest BCUT2D eigenvalue weighted by atomic mass is 15.0. The van der Waals surface area contributed by atoms with Crippen molar-refractivity contribution < 1.29 is 0 Å². The molecule has 0 spiro atoms. The van der Waals surface area contributed by atoms with Gasteiger partial charge < -0.3 is 9.13 Å². The van der Waals surface area contributed by atoms with Gasteiger partial charge in [-0.25, -0.2) is 0 Å². The fraction of sp³-hybridized carbons (Fsp3) is 0.111. The van der Waals surface area contributed by atoms with Gasteiger partial charge in [0, 0.05) is 44.3 Å². The Morgan fingerprint density at radius 2 is 1.00 bits per heavy atom. The summed E-state index contributed by atoms with van der Waals surface area (Å²) in [5.74, 6) is 0. The van der Waals surface area contributed by atoms with Gasteiger partial charge in [0.25, 0.3) is 0 Å². The molecule has 0 fully saturated rings. The van der Waals surface area contributed by atoms with E-state index in [9.17, 15) is 0 Å². The highest BCUT2D eigenvalue weighted by Gasteiger charge is 2.15. The van der Waals surface area contributed by atoms with E-state index in [0.717, 1.165) is 0 Å². The molecule has 0 saturated carbocycles. The number of rotatable bonds is 2. The van der Waals surface area contributed by atoms with E-state index in [0.29, 0.717) is 6.04 Å². The molecule has 0 radical (unpaired) electrons. The first-order chi connectivity index (χ1) is 14.2. The number of aromatic nitrogens is 2. The largest absolute Gasteiger partial charge is 0.338 e. The van der Waals surface area contributed by atoms with Gasteiger partial charge in [-0.1, -0.05) is 54.6 Å². The molecule has 2 heterocycles. The van der Waals surface area contributed by atoms with Gasteiger partial charge >= 0.3 is 0 Å². The highest BCUT2D eigenvalue weighted by molar-refractivity contribution is 6.11. The summed E-state index contributed by atoms with van der Waals surface area (Å²) in [7, 11) is 0. The van der Waals surface area contributed by atoms with Crippen molar-refractivity contribution >= 4 is 43.6 Å². The lowest BCUT2D eigenvalue weighted by Gasteiger charge is -2.12. The third-order valence-corrected chi connectivity index (χ3v) is 6.05. The van der Waals surface area contributed by atoms with Gasteiger partial charge in [-0.2, -0.15) is 0 Å². The van der Waals surface area contributed by atoms with Crippen molar-refractivity contribution in [2.45, 2.75) is 19.9 Å². The van der Waals surface area contributed by atoms with Gasteiger partial charge in [0.1, 0.15) is 0 Å². The molecule has 0 aliphatic carbocycles. The van der Waals surface area contributed by atoms with Gasteiger partial charge in [0.15, 0.2) is 0 Å². The summed E-state index contributed by atoms with van der Waals surface area (Å²) in [4.78, 5) is 0. The van der Waals surface area contributed by atoms with E-state index >= 15 is 0 Å². The maximum absolute atomic E-state index is 2.44. The Balaban J connectivity index is 1.74. The molecule has 0 amide bonds. The molecule has 6 aromatic rings. The molecule has 6 rings (SSSR count). The number of fused-ring (bicyclic) bond motifs is 6. The molecule has 2 aromatic heterocycles. The molecule has 0 unspecified atom stereocenters. The van der Waals surface area contributed by atoms with E-state index in [2.05, 4.69) is 114 Å². The molecule has 0 N–H and O–H groups in total. The van der Waals surface area contributed by atoms with Crippen LogP contribution in [-0.2, 0) is 0 Å². The molecule has 4 aromatic carbocycles. The number of para-hydroxylation sites is 3. The van der Waals surface area contributed by atoms with Crippen molar-refractivity contribution in [3.8, 4) is 5.69 Å². The minimum Gasteiger partial charge on any atom is -0.338 e. The Hall–Kier alpha value is -3.52. The minimum absolute atomic E-state index is 0.413. The standard InChI is InChI=1S/C27H22N2/c1-18(2)28-24-12-6-5-11-22(24)23-17-19(15-16-27(23)28)29-25-13-7-3-9-20(25)21-10-4-8-14-26(21)29/h3-18H,1-2H3. The van der Waals surface area contributed by atoms with Crippen LogP contribution >= 0.6 is 0 Å². The molecule has 2 nitrogen and oxygen atoms in total. The summed E-state index contributed by atoms with van der Waals surface area (Å²) in [5.41, 5.74) is 6.31. The Morgan fingerprint density at radius 3 is 1.59 bits per heavy atom. The maximum atomic E-state index is 2.44. The van der Waals surface area contributed by atoms with Crippen LogP contribution in [0.4, 0.5) is 0 Å². The zero-order chi connectivity index (χ0) is 19.5. The summed E-state index contributed by atoms with van der Waals surface area (Å²) in [6.07, 6.45) is 0. The zero-order valence-electron chi connectivity index (χ0n) is 16.6. The molecule has 0 saturated heterocycles. The topological polar surface area (TPSA) is 9.86 Å². The first-order valence-corrected chi connectivity index (χ1v) is 10.3. The molecule has 0 aliphatic heterocycles. The van der Waals surface area contributed by atoms with E-state index in [-0.39, 0.29) is 0 Å². The van der Waals surface area contributed by atoms with Crippen LogP contribution in [0, 0.1) is 0 Å². The summed E-state index contributed by atoms with van der Waals surface area (Å²) < 4.78 is 4.84. The Kier molecular flexibility index (Phi) is 3.39. The molecule has 0 aliphatic rings. The van der Waals surface area contributed by atoms with Crippen LogP contribution in [0.1, 0.15) is 19.9 Å². The van der Waals surface area contributed by atoms with E-state index in [1.54, 1.807) is 0 Å².